The number of aliphatic hydroxyl groups excluding tert-OH is 1. The van der Waals surface area contributed by atoms with Crippen molar-refractivity contribution in [1.82, 2.24) is 0 Å². The predicted octanol–water partition coefficient (Wildman–Crippen LogP) is 4.89. The highest BCUT2D eigenvalue weighted by atomic mass is 32.2. The molecule has 3 rings (SSSR count). The molecule has 0 spiro atoms. The molecule has 0 radical (unpaired) electrons. The lowest BCUT2D eigenvalue weighted by atomic mass is 10.1. The molecule has 0 aliphatic carbocycles. The number of nitro groups is 1. The van der Waals surface area contributed by atoms with Crippen LogP contribution in [0.3, 0.4) is 0 Å². The van der Waals surface area contributed by atoms with E-state index in [0.717, 1.165) is 11.8 Å². The predicted molar refractivity (Wildman–Crippen MR) is 121 cm³/mol. The zero-order valence-corrected chi connectivity index (χ0v) is 18.1. The Labute approximate surface area is 187 Å². The van der Waals surface area contributed by atoms with Gasteiger partial charge in [-0.2, -0.15) is 0 Å². The maximum atomic E-state index is 12.5. The summed E-state index contributed by atoms with van der Waals surface area (Å²) in [5.41, 5.74) is 0.817. The Bertz CT molecular complexity index is 1140. The van der Waals surface area contributed by atoms with E-state index in [9.17, 15) is 25.1 Å². The topological polar surface area (TPSA) is 131 Å². The van der Waals surface area contributed by atoms with Crippen molar-refractivity contribution < 1.29 is 29.4 Å². The van der Waals surface area contributed by atoms with Crippen LogP contribution in [0.15, 0.2) is 63.7 Å². The van der Waals surface area contributed by atoms with Crippen LogP contribution in [0.25, 0.3) is 6.08 Å². The monoisotopic (exact) mass is 456 g/mol. The number of hydrogen-bond acceptors (Lipinski definition) is 9. The number of carbonyl (C=O) groups is 1. The maximum absolute atomic E-state index is 12.5. The van der Waals surface area contributed by atoms with Gasteiger partial charge in [-0.15, -0.1) is 0 Å². The highest BCUT2D eigenvalue weighted by Gasteiger charge is 2.33. The van der Waals surface area contributed by atoms with Crippen LogP contribution in [0.4, 0.5) is 11.4 Å². The molecule has 2 aromatic rings. The van der Waals surface area contributed by atoms with E-state index in [-0.39, 0.29) is 34.4 Å². The molecule has 166 valence electrons. The first-order valence-electron chi connectivity index (χ1n) is 9.63. The van der Waals surface area contributed by atoms with Crippen molar-refractivity contribution in [1.29, 1.82) is 0 Å². The SMILES string of the molecule is CCOC(=O)C1=C(O)/C(=C\c2ccc(O)c(OCC)c2)SC1=Nc1ccc([N+](=O)[O-])cc1. The number of ether oxygens (including phenoxy) is 2. The van der Waals surface area contributed by atoms with Crippen molar-refractivity contribution >= 4 is 40.2 Å². The van der Waals surface area contributed by atoms with E-state index < -0.39 is 10.9 Å². The highest BCUT2D eigenvalue weighted by molar-refractivity contribution is 8.18. The van der Waals surface area contributed by atoms with Gasteiger partial charge < -0.3 is 19.7 Å². The van der Waals surface area contributed by atoms with Gasteiger partial charge >= 0.3 is 5.97 Å². The standard InChI is InChI=1S/C22H20N2O7S/c1-3-30-17-11-13(5-10-16(17)25)12-18-20(26)19(22(27)31-4-2)21(32-18)23-14-6-8-15(9-7-14)24(28)29/h5-12,25-26H,3-4H2,1-2H3/b18-12+,23-21?. The van der Waals surface area contributed by atoms with Gasteiger partial charge in [0.25, 0.3) is 5.69 Å². The fraction of sp³-hybridized carbons (Fsp3) is 0.182. The summed E-state index contributed by atoms with van der Waals surface area (Å²) in [5.74, 6) is -0.749. The number of benzene rings is 2. The molecule has 1 aliphatic rings. The molecule has 0 bridgehead atoms. The van der Waals surface area contributed by atoms with Gasteiger partial charge in [0.1, 0.15) is 16.4 Å². The fourth-order valence-corrected chi connectivity index (χ4v) is 3.84. The molecule has 0 amide bonds. The third-order valence-corrected chi connectivity index (χ3v) is 5.26. The molecule has 1 aliphatic heterocycles. The molecule has 1 heterocycles. The molecule has 10 heteroatoms. The third-order valence-electron chi connectivity index (χ3n) is 4.24. The molecule has 0 saturated carbocycles. The molecule has 2 aromatic carbocycles. The Kier molecular flexibility index (Phi) is 7.16. The van der Waals surface area contributed by atoms with E-state index in [1.807, 2.05) is 0 Å². The van der Waals surface area contributed by atoms with Gasteiger partial charge in [-0.05, 0) is 49.8 Å². The van der Waals surface area contributed by atoms with Crippen molar-refractivity contribution in [2.75, 3.05) is 13.2 Å². The Morgan fingerprint density at radius 3 is 2.50 bits per heavy atom. The number of hydrogen-bond donors (Lipinski definition) is 2. The summed E-state index contributed by atoms with van der Waals surface area (Å²) < 4.78 is 10.4. The normalized spacial score (nSPS) is 15.9. The number of aliphatic hydroxyl groups is 1. The zero-order valence-electron chi connectivity index (χ0n) is 17.3. The van der Waals surface area contributed by atoms with E-state index in [1.165, 1.54) is 30.3 Å². The number of phenols is 1. The summed E-state index contributed by atoms with van der Waals surface area (Å²) in [6, 6.07) is 10.2. The third kappa shape index (κ3) is 5.09. The number of rotatable bonds is 7. The summed E-state index contributed by atoms with van der Waals surface area (Å²) in [6.07, 6.45) is 1.62. The van der Waals surface area contributed by atoms with Gasteiger partial charge in [0.2, 0.25) is 0 Å². The van der Waals surface area contributed by atoms with Gasteiger partial charge in [-0.3, -0.25) is 10.1 Å². The first-order valence-corrected chi connectivity index (χ1v) is 10.4. The van der Waals surface area contributed by atoms with Crippen LogP contribution in [0.2, 0.25) is 0 Å². The first kappa shape index (κ1) is 22.9. The van der Waals surface area contributed by atoms with E-state index >= 15 is 0 Å². The number of aromatic hydroxyl groups is 1. The molecular formula is C22H20N2O7S. The van der Waals surface area contributed by atoms with Gasteiger partial charge in [0, 0.05) is 12.1 Å². The van der Waals surface area contributed by atoms with Crippen LogP contribution in [0.1, 0.15) is 19.4 Å². The largest absolute Gasteiger partial charge is 0.506 e. The summed E-state index contributed by atoms with van der Waals surface area (Å²) in [4.78, 5) is 27.5. The van der Waals surface area contributed by atoms with Crippen LogP contribution in [0, 0.1) is 10.1 Å². The Morgan fingerprint density at radius 2 is 1.88 bits per heavy atom. The lowest BCUT2D eigenvalue weighted by Gasteiger charge is -2.07. The molecule has 2 N–H and O–H groups in total. The molecule has 0 aromatic heterocycles. The molecule has 0 unspecified atom stereocenters. The van der Waals surface area contributed by atoms with Gasteiger partial charge in [-0.1, -0.05) is 17.8 Å². The summed E-state index contributed by atoms with van der Waals surface area (Å²) in [5, 5.41) is 31.7. The number of thioether (sulfide) groups is 1. The van der Waals surface area contributed by atoms with E-state index in [0.29, 0.717) is 28.5 Å². The fourth-order valence-electron chi connectivity index (χ4n) is 2.80. The Hall–Kier alpha value is -3.79. The second-order valence-corrected chi connectivity index (χ2v) is 7.44. The van der Waals surface area contributed by atoms with Crippen LogP contribution < -0.4 is 4.74 Å². The van der Waals surface area contributed by atoms with Crippen molar-refractivity contribution in [3.8, 4) is 11.5 Å². The molecule has 0 fully saturated rings. The average Bonchev–Trinajstić information content (AvgIpc) is 3.06. The number of nitro benzene ring substituents is 1. The number of phenolic OH excluding ortho intramolecular Hbond substituents is 1. The minimum atomic E-state index is -0.734. The van der Waals surface area contributed by atoms with Crippen molar-refractivity contribution in [3.63, 3.8) is 0 Å². The summed E-state index contributed by atoms with van der Waals surface area (Å²) in [7, 11) is 0. The van der Waals surface area contributed by atoms with Crippen molar-refractivity contribution in [3.05, 3.63) is 74.4 Å². The minimum Gasteiger partial charge on any atom is -0.506 e. The second-order valence-electron chi connectivity index (χ2n) is 6.41. The van der Waals surface area contributed by atoms with Crippen LogP contribution in [-0.4, -0.2) is 39.4 Å². The van der Waals surface area contributed by atoms with Crippen LogP contribution >= 0.6 is 11.8 Å². The molecule has 9 nitrogen and oxygen atoms in total. The maximum Gasteiger partial charge on any atom is 0.344 e. The average molecular weight is 456 g/mol. The Balaban J connectivity index is 2.01. The second kappa shape index (κ2) is 10.0. The smallest absolute Gasteiger partial charge is 0.344 e. The van der Waals surface area contributed by atoms with Gasteiger partial charge in [-0.25, -0.2) is 9.79 Å². The van der Waals surface area contributed by atoms with E-state index in [2.05, 4.69) is 4.99 Å². The quantitative estimate of drug-likeness (QED) is 0.342. The Morgan fingerprint density at radius 1 is 1.16 bits per heavy atom. The van der Waals surface area contributed by atoms with Crippen LogP contribution in [0.5, 0.6) is 11.5 Å². The lowest BCUT2D eigenvalue weighted by Crippen LogP contribution is -2.12. The lowest BCUT2D eigenvalue weighted by molar-refractivity contribution is -0.384. The van der Waals surface area contributed by atoms with E-state index in [4.69, 9.17) is 9.47 Å². The van der Waals surface area contributed by atoms with E-state index in [1.54, 1.807) is 32.1 Å². The van der Waals surface area contributed by atoms with Crippen molar-refractivity contribution in [2.45, 2.75) is 13.8 Å². The first-order chi connectivity index (χ1) is 15.3. The molecule has 0 atom stereocenters. The van der Waals surface area contributed by atoms with Gasteiger partial charge in [0.05, 0.1) is 28.7 Å². The summed E-state index contributed by atoms with van der Waals surface area (Å²) >= 11 is 1.05. The molecular weight excluding hydrogens is 436 g/mol. The minimum absolute atomic E-state index is 0.0134. The van der Waals surface area contributed by atoms with Crippen molar-refractivity contribution in [2.24, 2.45) is 4.99 Å². The molecule has 32 heavy (non-hydrogen) atoms. The number of nitrogens with zero attached hydrogens (tertiary/aromatic N) is 2. The number of aliphatic imine (C=N–C) groups is 1. The molecule has 0 saturated heterocycles. The van der Waals surface area contributed by atoms with Crippen LogP contribution in [-0.2, 0) is 9.53 Å². The number of carbonyl (C=O) groups excluding carboxylic acids is 1. The number of esters is 1. The highest BCUT2D eigenvalue weighted by Crippen LogP contribution is 2.41. The zero-order chi connectivity index (χ0) is 23.3. The number of non-ortho nitro benzene ring substituents is 1. The summed E-state index contributed by atoms with van der Waals surface area (Å²) in [6.45, 7) is 3.91. The van der Waals surface area contributed by atoms with Gasteiger partial charge in [0.15, 0.2) is 11.5 Å².